The molecule has 2 aliphatic rings. The molecule has 148 valence electrons. The van der Waals surface area contributed by atoms with E-state index >= 15 is 0 Å². The van der Waals surface area contributed by atoms with Crippen LogP contribution in [-0.4, -0.2) is 19.2 Å². The first kappa shape index (κ1) is 20.0. The van der Waals surface area contributed by atoms with Crippen molar-refractivity contribution in [1.29, 1.82) is 0 Å². The molecule has 0 bridgehead atoms. The minimum atomic E-state index is -0.410. The van der Waals surface area contributed by atoms with Gasteiger partial charge in [-0.3, -0.25) is 0 Å². The fourth-order valence-electron chi connectivity index (χ4n) is 4.88. The maximum atomic E-state index is 11.0. The quantitative estimate of drug-likeness (QED) is 0.341. The maximum absolute atomic E-state index is 11.0. The largest absolute Gasteiger partial charge is 0.490 e. The summed E-state index contributed by atoms with van der Waals surface area (Å²) in [6.07, 6.45) is 12.4. The highest BCUT2D eigenvalue weighted by atomic mass is 16.6. The van der Waals surface area contributed by atoms with Gasteiger partial charge >= 0.3 is 5.97 Å². The third-order valence-electron chi connectivity index (χ3n) is 6.61. The summed E-state index contributed by atoms with van der Waals surface area (Å²) in [5.41, 5.74) is 1.44. The second kappa shape index (κ2) is 9.96. The molecule has 1 aromatic carbocycles. The van der Waals surface area contributed by atoms with Gasteiger partial charge in [0.15, 0.2) is 0 Å². The van der Waals surface area contributed by atoms with Gasteiger partial charge < -0.3 is 9.47 Å². The van der Waals surface area contributed by atoms with E-state index in [4.69, 9.17) is 9.47 Å². The van der Waals surface area contributed by atoms with Crippen molar-refractivity contribution in [2.75, 3.05) is 13.2 Å². The highest BCUT2D eigenvalue weighted by molar-refractivity contribution is 5.81. The Bertz CT molecular complexity index is 591. The third-order valence-corrected chi connectivity index (χ3v) is 6.61. The van der Waals surface area contributed by atoms with Gasteiger partial charge in [0.2, 0.25) is 0 Å². The Balaban J connectivity index is 1.40. The van der Waals surface area contributed by atoms with Crippen molar-refractivity contribution >= 4 is 5.97 Å². The summed E-state index contributed by atoms with van der Waals surface area (Å²) in [5, 5.41) is 0. The SMILES string of the molecule is C=CC(=O)OCCOc1ccc(C2CCC(C3CCC(C)CC3)CC2)cc1. The summed E-state index contributed by atoms with van der Waals surface area (Å²) in [6.45, 7) is 6.39. The van der Waals surface area contributed by atoms with Gasteiger partial charge in [0.05, 0.1) is 0 Å². The van der Waals surface area contributed by atoms with Gasteiger partial charge in [-0.2, -0.15) is 0 Å². The smallest absolute Gasteiger partial charge is 0.330 e. The molecular formula is C24H34O3. The summed E-state index contributed by atoms with van der Waals surface area (Å²) in [7, 11) is 0. The van der Waals surface area contributed by atoms with E-state index in [2.05, 4.69) is 25.6 Å². The number of carbonyl (C=O) groups is 1. The molecule has 0 aromatic heterocycles. The Morgan fingerprint density at radius 1 is 0.963 bits per heavy atom. The monoisotopic (exact) mass is 370 g/mol. The molecule has 0 aliphatic heterocycles. The third kappa shape index (κ3) is 5.85. The predicted octanol–water partition coefficient (Wildman–Crippen LogP) is 5.89. The summed E-state index contributed by atoms with van der Waals surface area (Å²) in [5.74, 6) is 4.03. The van der Waals surface area contributed by atoms with Crippen LogP contribution in [0.1, 0.15) is 69.8 Å². The fraction of sp³-hybridized carbons (Fsp3) is 0.625. The Labute approximate surface area is 164 Å². The summed E-state index contributed by atoms with van der Waals surface area (Å²) in [6, 6.07) is 8.50. The number of rotatable bonds is 7. The zero-order chi connectivity index (χ0) is 19.1. The molecule has 0 spiro atoms. The molecular weight excluding hydrogens is 336 g/mol. The van der Waals surface area contributed by atoms with Crippen LogP contribution in [-0.2, 0) is 9.53 Å². The topological polar surface area (TPSA) is 35.5 Å². The Kier molecular flexibility index (Phi) is 7.37. The van der Waals surface area contributed by atoms with Gasteiger partial charge in [-0.05, 0) is 79.9 Å². The lowest BCUT2D eigenvalue weighted by Crippen LogP contribution is -2.24. The van der Waals surface area contributed by atoms with Gasteiger partial charge in [0.1, 0.15) is 19.0 Å². The highest BCUT2D eigenvalue weighted by Gasteiger charge is 2.30. The molecule has 27 heavy (non-hydrogen) atoms. The number of carbonyl (C=O) groups excluding carboxylic acids is 1. The molecule has 0 unspecified atom stereocenters. The molecule has 0 N–H and O–H groups in total. The molecule has 3 heteroatoms. The highest BCUT2D eigenvalue weighted by Crippen LogP contribution is 2.43. The van der Waals surface area contributed by atoms with Crippen molar-refractivity contribution in [1.82, 2.24) is 0 Å². The van der Waals surface area contributed by atoms with E-state index in [0.29, 0.717) is 12.5 Å². The van der Waals surface area contributed by atoms with Crippen LogP contribution < -0.4 is 4.74 Å². The first-order chi connectivity index (χ1) is 13.2. The second-order valence-corrected chi connectivity index (χ2v) is 8.42. The predicted molar refractivity (Wildman–Crippen MR) is 109 cm³/mol. The molecule has 0 radical (unpaired) electrons. The molecule has 3 nitrogen and oxygen atoms in total. The molecule has 0 heterocycles. The molecule has 0 saturated heterocycles. The Hall–Kier alpha value is -1.77. The van der Waals surface area contributed by atoms with Crippen LogP contribution in [0.15, 0.2) is 36.9 Å². The number of esters is 1. The van der Waals surface area contributed by atoms with Crippen LogP contribution in [0.25, 0.3) is 0 Å². The zero-order valence-electron chi connectivity index (χ0n) is 16.7. The zero-order valence-corrected chi connectivity index (χ0v) is 16.7. The number of hydrogen-bond acceptors (Lipinski definition) is 3. The first-order valence-electron chi connectivity index (χ1n) is 10.7. The first-order valence-corrected chi connectivity index (χ1v) is 10.7. The van der Waals surface area contributed by atoms with Crippen molar-refractivity contribution in [3.05, 3.63) is 42.5 Å². The van der Waals surface area contributed by atoms with Crippen molar-refractivity contribution < 1.29 is 14.3 Å². The van der Waals surface area contributed by atoms with E-state index in [0.717, 1.165) is 29.6 Å². The van der Waals surface area contributed by atoms with Crippen LogP contribution in [0, 0.1) is 17.8 Å². The molecule has 0 amide bonds. The lowest BCUT2D eigenvalue weighted by Gasteiger charge is -2.37. The van der Waals surface area contributed by atoms with E-state index in [1.807, 2.05) is 12.1 Å². The molecule has 3 rings (SSSR count). The van der Waals surface area contributed by atoms with E-state index in [1.165, 1.54) is 56.9 Å². The van der Waals surface area contributed by atoms with E-state index in [-0.39, 0.29) is 6.61 Å². The molecule has 2 fully saturated rings. The minimum absolute atomic E-state index is 0.247. The summed E-state index contributed by atoms with van der Waals surface area (Å²) < 4.78 is 10.6. The number of benzene rings is 1. The van der Waals surface area contributed by atoms with Crippen LogP contribution in [0.2, 0.25) is 0 Å². The van der Waals surface area contributed by atoms with Gasteiger partial charge in [-0.15, -0.1) is 0 Å². The standard InChI is InChI=1S/C24H34O3/c1-3-24(25)27-17-16-26-23-14-12-22(13-15-23)21-10-8-20(9-11-21)19-6-4-18(2)5-7-19/h3,12-15,18-21H,1,4-11,16-17H2,2H3. The van der Waals surface area contributed by atoms with Gasteiger partial charge in [0.25, 0.3) is 0 Å². The van der Waals surface area contributed by atoms with Gasteiger partial charge in [0, 0.05) is 6.08 Å². The lowest BCUT2D eigenvalue weighted by molar-refractivity contribution is -0.138. The maximum Gasteiger partial charge on any atom is 0.330 e. The van der Waals surface area contributed by atoms with E-state index in [1.54, 1.807) is 0 Å². The minimum Gasteiger partial charge on any atom is -0.490 e. The fourth-order valence-corrected chi connectivity index (χ4v) is 4.88. The molecule has 2 aliphatic carbocycles. The van der Waals surface area contributed by atoms with Crippen molar-refractivity contribution in [3.63, 3.8) is 0 Å². The van der Waals surface area contributed by atoms with Crippen LogP contribution in [0.5, 0.6) is 5.75 Å². The van der Waals surface area contributed by atoms with E-state index < -0.39 is 5.97 Å². The Morgan fingerprint density at radius 2 is 1.56 bits per heavy atom. The second-order valence-electron chi connectivity index (χ2n) is 8.42. The van der Waals surface area contributed by atoms with Crippen molar-refractivity contribution in [2.24, 2.45) is 17.8 Å². The average molecular weight is 371 g/mol. The molecule has 2 saturated carbocycles. The van der Waals surface area contributed by atoms with Crippen LogP contribution in [0.4, 0.5) is 0 Å². The normalized spacial score (nSPS) is 28.3. The lowest BCUT2D eigenvalue weighted by atomic mass is 9.68. The van der Waals surface area contributed by atoms with Crippen molar-refractivity contribution in [3.8, 4) is 5.75 Å². The molecule has 0 atom stereocenters. The average Bonchev–Trinajstić information content (AvgIpc) is 2.72. The number of hydrogen-bond donors (Lipinski definition) is 0. The Morgan fingerprint density at radius 3 is 2.15 bits per heavy atom. The van der Waals surface area contributed by atoms with Gasteiger partial charge in [-0.1, -0.05) is 38.5 Å². The van der Waals surface area contributed by atoms with Gasteiger partial charge in [-0.25, -0.2) is 4.79 Å². The summed E-state index contributed by atoms with van der Waals surface area (Å²) >= 11 is 0. The van der Waals surface area contributed by atoms with Crippen molar-refractivity contribution in [2.45, 2.75) is 64.2 Å². The molecule has 1 aromatic rings. The number of ether oxygens (including phenoxy) is 2. The summed E-state index contributed by atoms with van der Waals surface area (Å²) in [4.78, 5) is 11.0. The van der Waals surface area contributed by atoms with Crippen LogP contribution in [0.3, 0.4) is 0 Å². The van der Waals surface area contributed by atoms with Crippen LogP contribution >= 0.6 is 0 Å². The van der Waals surface area contributed by atoms with E-state index in [9.17, 15) is 4.79 Å².